The molecule has 0 fully saturated rings. The van der Waals surface area contributed by atoms with Crippen LogP contribution in [-0.2, 0) is 26.2 Å². The van der Waals surface area contributed by atoms with Crippen LogP contribution in [0, 0.1) is 0 Å². The second-order valence-corrected chi connectivity index (χ2v) is 36.1. The molecule has 0 aromatic heterocycles. The summed E-state index contributed by atoms with van der Waals surface area (Å²) in [6, 6.07) is 9.54. The Labute approximate surface area is 309 Å². The third-order valence-electron chi connectivity index (χ3n) is 9.00. The van der Waals surface area contributed by atoms with E-state index in [1.807, 2.05) is 0 Å². The van der Waals surface area contributed by atoms with Gasteiger partial charge in [0.1, 0.15) is 0 Å². The van der Waals surface area contributed by atoms with Crippen LogP contribution in [0.25, 0.3) is 0 Å². The summed E-state index contributed by atoms with van der Waals surface area (Å²) >= 11 is 0. The molecule has 0 spiro atoms. The van der Waals surface area contributed by atoms with Crippen LogP contribution in [-0.4, -0.2) is 188 Å². The molecule has 0 N–H and O–H groups in total. The molecule has 0 heterocycles. The molecule has 1 aromatic carbocycles. The van der Waals surface area contributed by atoms with Gasteiger partial charge in [0.05, 0.1) is 0 Å². The molecule has 0 bridgehead atoms. The fourth-order valence-corrected chi connectivity index (χ4v) is 27.7. The Bertz CT molecular complexity index is 1370. The average Bonchev–Trinajstić information content (AvgIpc) is 2.99. The minimum absolute atomic E-state index is 0.692. The van der Waals surface area contributed by atoms with Gasteiger partial charge in [0.2, 0.25) is 0 Å². The second-order valence-electron chi connectivity index (χ2n) is 14.7. The Morgan fingerprint density at radius 3 is 1.20 bits per heavy atom. The van der Waals surface area contributed by atoms with Gasteiger partial charge in [-0.25, -0.2) is 0 Å². The minimum Gasteiger partial charge on any atom is 0.0272 e. The molecule has 0 saturated carbocycles. The summed E-state index contributed by atoms with van der Waals surface area (Å²) in [5, 5.41) is 0. The van der Waals surface area contributed by atoms with Gasteiger partial charge in [-0.2, -0.15) is 0 Å². The first-order valence-electron chi connectivity index (χ1n) is 16.7. The number of benzene rings is 1. The van der Waals surface area contributed by atoms with Crippen molar-refractivity contribution in [3.8, 4) is 0 Å². The predicted molar refractivity (Wildman–Crippen MR) is 231 cm³/mol. The Morgan fingerprint density at radius 1 is 0.540 bits per heavy atom. The first kappa shape index (κ1) is 48.4. The quantitative estimate of drug-likeness (QED) is 0.102. The number of rotatable bonds is 19. The molecule has 0 atom stereocenters. The third kappa shape index (κ3) is 11.9. The summed E-state index contributed by atoms with van der Waals surface area (Å²) in [7, 11) is 17.6. The monoisotopic (exact) mass is 819 g/mol. The first-order chi connectivity index (χ1) is 22.7. The molecule has 20 heteroatoms. The molecule has 0 radical (unpaired) electrons. The molecular formula is C30H74N11O3P5Si. The van der Waals surface area contributed by atoms with Crippen LogP contribution < -0.4 is 0 Å². The van der Waals surface area contributed by atoms with Gasteiger partial charge in [0.25, 0.3) is 0 Å². The zero-order valence-electron chi connectivity index (χ0n) is 35.4. The Morgan fingerprint density at radius 2 is 0.900 bits per heavy atom. The summed E-state index contributed by atoms with van der Waals surface area (Å²) in [5.74, 6) is 0. The van der Waals surface area contributed by atoms with Gasteiger partial charge in [0, 0.05) is 21.3 Å². The molecule has 1 rings (SSSR count). The molecule has 0 aliphatic carbocycles. The third-order valence-corrected chi connectivity index (χ3v) is 31.8. The van der Waals surface area contributed by atoms with E-state index >= 15 is 0 Å². The van der Waals surface area contributed by atoms with E-state index in [9.17, 15) is 0 Å². The van der Waals surface area contributed by atoms with Gasteiger partial charge in [0.15, 0.2) is 0 Å². The molecule has 14 nitrogen and oxygen atoms in total. The number of hydrogen-bond donors (Lipinski definition) is 0. The van der Waals surface area contributed by atoms with E-state index < -0.39 is 45.9 Å². The second kappa shape index (κ2) is 19.3. The molecule has 0 aliphatic heterocycles. The molecule has 0 amide bonds. The van der Waals surface area contributed by atoms with E-state index in [0.717, 1.165) is 6.42 Å². The van der Waals surface area contributed by atoms with Crippen molar-refractivity contribution in [1.82, 2.24) is 32.7 Å². The summed E-state index contributed by atoms with van der Waals surface area (Å²) in [4.78, 5) is 0. The summed E-state index contributed by atoms with van der Waals surface area (Å²) in [6.45, 7) is 12.0. The minimum atomic E-state index is -3.57. The van der Waals surface area contributed by atoms with Crippen LogP contribution in [0.4, 0.5) is 0 Å². The molecule has 0 saturated heterocycles. The maximum atomic E-state index is 6.09. The number of hydrogen-bond acceptors (Lipinski definition) is 7. The standard InChI is InChI=1S/C30H74N11O3P5Si/c1-35(2)46(20,36(3)4)32-48(31-45(17,18)19,33-47(21,37(5)6)38(7)8)34-49(39(9)10,40(11)12)41(13)28-30-24-22-29(23-25-30)26-27-50(42-14,43-15)44-16/h22-25,48H,26-28H2,1-21H3. The van der Waals surface area contributed by atoms with Gasteiger partial charge in [-0.1, -0.05) is 0 Å². The maximum absolute atomic E-state index is 6.09. The number of aryl methyl sites for hydroxylation is 1. The average molecular weight is 820 g/mol. The zero-order chi connectivity index (χ0) is 39.1. The Balaban J connectivity index is 4.29. The summed E-state index contributed by atoms with van der Waals surface area (Å²) in [6.07, 6.45) is 0.813. The molecule has 50 heavy (non-hydrogen) atoms. The van der Waals surface area contributed by atoms with Crippen LogP contribution in [0.5, 0.6) is 0 Å². The fraction of sp³-hybridized carbons (Fsp3) is 0.800. The van der Waals surface area contributed by atoms with Crippen LogP contribution in [0.15, 0.2) is 42.3 Å². The van der Waals surface area contributed by atoms with Crippen molar-refractivity contribution < 1.29 is 13.3 Å². The van der Waals surface area contributed by atoms with Crippen LogP contribution >= 0.6 is 37.1 Å². The smallest absolute Gasteiger partial charge is 0.0272 e. The van der Waals surface area contributed by atoms with E-state index in [2.05, 4.69) is 182 Å². The Hall–Kier alpha value is 0.387. The van der Waals surface area contributed by atoms with Gasteiger partial charge >= 0.3 is 289 Å². The Kier molecular flexibility index (Phi) is 18.7. The summed E-state index contributed by atoms with van der Waals surface area (Å²) in [5.41, 5.74) is 2.42. The zero-order valence-corrected chi connectivity index (χ0v) is 40.9. The molecular weight excluding hydrogens is 745 g/mol. The van der Waals surface area contributed by atoms with Crippen LogP contribution in [0.1, 0.15) is 11.1 Å². The predicted octanol–water partition coefficient (Wildman–Crippen LogP) is 7.68. The van der Waals surface area contributed by atoms with Crippen molar-refractivity contribution in [3.05, 3.63) is 35.4 Å². The summed E-state index contributed by atoms with van der Waals surface area (Å²) < 4.78 is 56.6. The van der Waals surface area contributed by atoms with Crippen molar-refractivity contribution >= 4 is 45.9 Å². The van der Waals surface area contributed by atoms with Crippen LogP contribution in [0.3, 0.4) is 0 Å². The topological polar surface area (TPSA) is 99.8 Å². The molecule has 0 unspecified atom stereocenters. The van der Waals surface area contributed by atoms with Gasteiger partial charge in [-0.05, 0) is 0 Å². The fourth-order valence-electron chi connectivity index (χ4n) is 5.53. The SMILES string of the molecule is CO[Si](CCc1ccc(CN(C)P(=N[PH](N=P(C)(C)C)(N=P(C)(N(C)C)N(C)C)N=P(C)(N(C)C)N(C)C)(N(C)C)N(C)C)cc1)(OC)OC. The molecule has 0 aliphatic rings. The first-order valence-corrected chi connectivity index (χ1v) is 29.3. The van der Waals surface area contributed by atoms with Crippen LogP contribution in [0.2, 0.25) is 6.04 Å². The van der Waals surface area contributed by atoms with E-state index in [1.165, 1.54) is 11.1 Å². The number of nitrogens with zero attached hydrogens (tertiary/aromatic N) is 11. The van der Waals surface area contributed by atoms with Crippen molar-refractivity contribution in [1.29, 1.82) is 0 Å². The molecule has 296 valence electrons. The van der Waals surface area contributed by atoms with Crippen molar-refractivity contribution in [2.24, 2.45) is 18.1 Å². The van der Waals surface area contributed by atoms with Gasteiger partial charge in [-0.15, -0.1) is 0 Å². The van der Waals surface area contributed by atoms with Gasteiger partial charge in [-0.3, -0.25) is 0 Å². The normalized spacial score (nSPS) is 14.6. The van der Waals surface area contributed by atoms with Gasteiger partial charge < -0.3 is 0 Å². The van der Waals surface area contributed by atoms with E-state index in [4.69, 9.17) is 31.3 Å². The van der Waals surface area contributed by atoms with E-state index in [1.54, 1.807) is 21.3 Å². The van der Waals surface area contributed by atoms with Crippen molar-refractivity contribution in [3.63, 3.8) is 0 Å². The van der Waals surface area contributed by atoms with Crippen molar-refractivity contribution in [2.45, 2.75) is 19.0 Å². The van der Waals surface area contributed by atoms with E-state index in [-0.39, 0.29) is 0 Å². The van der Waals surface area contributed by atoms with E-state index in [0.29, 0.717) is 12.6 Å². The molecule has 1 aromatic rings. The van der Waals surface area contributed by atoms with Crippen molar-refractivity contribution in [2.75, 3.05) is 146 Å².